The second-order valence-corrected chi connectivity index (χ2v) is 8.00. The van der Waals surface area contributed by atoms with E-state index in [0.717, 1.165) is 28.4 Å². The Morgan fingerprint density at radius 1 is 0.912 bits per heavy atom. The molecule has 174 valence electrons. The molecule has 2 amide bonds. The highest BCUT2D eigenvalue weighted by molar-refractivity contribution is 6.09. The van der Waals surface area contributed by atoms with E-state index in [9.17, 15) is 9.59 Å². The number of hydrogen-bond acceptors (Lipinski definition) is 5. The first-order valence-electron chi connectivity index (χ1n) is 11.2. The molecule has 0 saturated heterocycles. The van der Waals surface area contributed by atoms with Crippen molar-refractivity contribution < 1.29 is 23.8 Å². The summed E-state index contributed by atoms with van der Waals surface area (Å²) in [5.74, 6) is 0.734. The number of hydrogen-bond donors (Lipinski definition) is 2. The Kier molecular flexibility index (Phi) is 6.05. The van der Waals surface area contributed by atoms with E-state index in [4.69, 9.17) is 14.2 Å². The Labute approximate surface area is 196 Å². The summed E-state index contributed by atoms with van der Waals surface area (Å²) in [6, 6.07) is 19.6. The number of fused-ring (bicyclic) bond motifs is 4. The summed E-state index contributed by atoms with van der Waals surface area (Å²) in [5.41, 5.74) is 3.86. The summed E-state index contributed by atoms with van der Waals surface area (Å²) in [6.07, 6.45) is 0. The number of benzene rings is 3. The predicted octanol–water partition coefficient (Wildman–Crippen LogP) is 3.81. The molecular weight excluding hydrogens is 434 g/mol. The minimum atomic E-state index is -0.317. The minimum absolute atomic E-state index is 0.205. The monoisotopic (exact) mass is 459 g/mol. The highest BCUT2D eigenvalue weighted by Gasteiger charge is 2.14. The van der Waals surface area contributed by atoms with Crippen LogP contribution < -0.4 is 20.1 Å². The average molecular weight is 460 g/mol. The SMILES string of the molecule is CCn1c2ccccc2c2cc(NC(=O)COCC(=O)NCc3ccc4c(c3)OCO4)ccc21. The van der Waals surface area contributed by atoms with E-state index >= 15 is 0 Å². The molecule has 2 heterocycles. The van der Waals surface area contributed by atoms with Gasteiger partial charge in [0.05, 0.1) is 0 Å². The Morgan fingerprint density at radius 3 is 2.59 bits per heavy atom. The summed E-state index contributed by atoms with van der Waals surface area (Å²) in [6.45, 7) is 3.09. The van der Waals surface area contributed by atoms with Gasteiger partial charge in [0, 0.05) is 40.6 Å². The van der Waals surface area contributed by atoms with E-state index in [1.54, 1.807) is 0 Å². The molecule has 1 aromatic heterocycles. The van der Waals surface area contributed by atoms with Gasteiger partial charge < -0.3 is 29.4 Å². The molecule has 4 aromatic rings. The fourth-order valence-corrected chi connectivity index (χ4v) is 4.21. The van der Waals surface area contributed by atoms with Crippen molar-refractivity contribution in [3.63, 3.8) is 0 Å². The minimum Gasteiger partial charge on any atom is -0.454 e. The Bertz CT molecular complexity index is 1380. The maximum atomic E-state index is 12.3. The fourth-order valence-electron chi connectivity index (χ4n) is 4.21. The van der Waals surface area contributed by atoms with Crippen LogP contribution in [0.4, 0.5) is 5.69 Å². The lowest BCUT2D eigenvalue weighted by atomic mass is 10.1. The molecule has 34 heavy (non-hydrogen) atoms. The number of rotatable bonds is 8. The molecule has 8 nitrogen and oxygen atoms in total. The van der Waals surface area contributed by atoms with Crippen LogP contribution in [0.3, 0.4) is 0 Å². The van der Waals surface area contributed by atoms with E-state index in [-0.39, 0.29) is 31.8 Å². The van der Waals surface area contributed by atoms with Crippen molar-refractivity contribution in [3.05, 3.63) is 66.2 Å². The lowest BCUT2D eigenvalue weighted by molar-refractivity contribution is -0.128. The molecule has 0 atom stereocenters. The summed E-state index contributed by atoms with van der Waals surface area (Å²) in [5, 5.41) is 7.84. The largest absolute Gasteiger partial charge is 0.454 e. The third-order valence-corrected chi connectivity index (χ3v) is 5.77. The number of anilines is 1. The summed E-state index contributed by atoms with van der Waals surface area (Å²) in [4.78, 5) is 24.4. The molecule has 3 aromatic carbocycles. The average Bonchev–Trinajstić information content (AvgIpc) is 3.44. The van der Waals surface area contributed by atoms with Crippen molar-refractivity contribution in [2.45, 2.75) is 20.0 Å². The van der Waals surface area contributed by atoms with Gasteiger partial charge in [0.1, 0.15) is 13.2 Å². The van der Waals surface area contributed by atoms with Crippen LogP contribution in [0.1, 0.15) is 12.5 Å². The first kappa shape index (κ1) is 21.8. The number of aromatic nitrogens is 1. The zero-order chi connectivity index (χ0) is 23.5. The number of aryl methyl sites for hydroxylation is 1. The number of nitrogens with zero attached hydrogens (tertiary/aromatic N) is 1. The number of amides is 2. The predicted molar refractivity (Wildman–Crippen MR) is 129 cm³/mol. The van der Waals surface area contributed by atoms with Gasteiger partial charge in [-0.15, -0.1) is 0 Å². The van der Waals surface area contributed by atoms with Crippen LogP contribution in [0.5, 0.6) is 11.5 Å². The van der Waals surface area contributed by atoms with Gasteiger partial charge in [-0.1, -0.05) is 24.3 Å². The zero-order valence-corrected chi connectivity index (χ0v) is 18.8. The molecule has 1 aliphatic heterocycles. The Morgan fingerprint density at radius 2 is 1.71 bits per heavy atom. The van der Waals surface area contributed by atoms with Gasteiger partial charge in [-0.3, -0.25) is 9.59 Å². The lowest BCUT2D eigenvalue weighted by Gasteiger charge is -2.08. The third kappa shape index (κ3) is 4.40. The van der Waals surface area contributed by atoms with Crippen molar-refractivity contribution in [1.29, 1.82) is 0 Å². The van der Waals surface area contributed by atoms with Crippen LogP contribution in [0.2, 0.25) is 0 Å². The van der Waals surface area contributed by atoms with E-state index in [1.807, 2.05) is 48.5 Å². The number of para-hydroxylation sites is 1. The molecule has 0 fully saturated rings. The van der Waals surface area contributed by atoms with Crippen LogP contribution in [-0.4, -0.2) is 36.4 Å². The summed E-state index contributed by atoms with van der Waals surface area (Å²) in [7, 11) is 0. The quantitative estimate of drug-likeness (QED) is 0.418. The highest BCUT2D eigenvalue weighted by Crippen LogP contribution is 2.32. The molecule has 0 unspecified atom stereocenters. The van der Waals surface area contributed by atoms with Gasteiger partial charge >= 0.3 is 0 Å². The number of carbonyl (C=O) groups excluding carboxylic acids is 2. The molecule has 0 bridgehead atoms. The molecule has 8 heteroatoms. The first-order valence-corrected chi connectivity index (χ1v) is 11.2. The van der Waals surface area contributed by atoms with E-state index in [0.29, 0.717) is 23.7 Å². The van der Waals surface area contributed by atoms with Crippen LogP contribution in [-0.2, 0) is 27.4 Å². The van der Waals surface area contributed by atoms with Gasteiger partial charge in [0.2, 0.25) is 18.6 Å². The van der Waals surface area contributed by atoms with Crippen LogP contribution >= 0.6 is 0 Å². The molecule has 0 radical (unpaired) electrons. The zero-order valence-electron chi connectivity index (χ0n) is 18.8. The number of carbonyl (C=O) groups is 2. The fraction of sp³-hybridized carbons (Fsp3) is 0.231. The summed E-state index contributed by atoms with van der Waals surface area (Å²) >= 11 is 0. The van der Waals surface area contributed by atoms with E-state index < -0.39 is 0 Å². The molecule has 0 saturated carbocycles. The maximum Gasteiger partial charge on any atom is 0.250 e. The molecule has 0 aliphatic carbocycles. The normalized spacial score (nSPS) is 12.3. The van der Waals surface area contributed by atoms with E-state index in [1.165, 1.54) is 5.52 Å². The van der Waals surface area contributed by atoms with Crippen molar-refractivity contribution in [2.75, 3.05) is 25.3 Å². The number of ether oxygens (including phenoxy) is 3. The van der Waals surface area contributed by atoms with Gasteiger partial charge in [0.15, 0.2) is 11.5 Å². The van der Waals surface area contributed by atoms with Crippen LogP contribution in [0.15, 0.2) is 60.7 Å². The van der Waals surface area contributed by atoms with Crippen LogP contribution in [0, 0.1) is 0 Å². The number of nitrogens with one attached hydrogen (secondary N) is 2. The van der Waals surface area contributed by atoms with Crippen LogP contribution in [0.25, 0.3) is 21.8 Å². The maximum absolute atomic E-state index is 12.3. The summed E-state index contributed by atoms with van der Waals surface area (Å²) < 4.78 is 18.2. The molecule has 5 rings (SSSR count). The first-order chi connectivity index (χ1) is 16.6. The van der Waals surface area contributed by atoms with Crippen molar-refractivity contribution >= 4 is 39.3 Å². The Balaban J connectivity index is 1.13. The lowest BCUT2D eigenvalue weighted by Crippen LogP contribution is -2.29. The van der Waals surface area contributed by atoms with Crippen molar-refractivity contribution in [1.82, 2.24) is 9.88 Å². The topological polar surface area (TPSA) is 90.8 Å². The van der Waals surface area contributed by atoms with Gasteiger partial charge in [0.25, 0.3) is 0 Å². The molecule has 2 N–H and O–H groups in total. The standard InChI is InChI=1S/C26H25N3O5/c1-2-29-21-6-4-3-5-19(21)20-12-18(8-9-22(20)29)28-26(31)15-32-14-25(30)27-13-17-7-10-23-24(11-17)34-16-33-23/h3-12H,2,13-16H2,1H3,(H,27,30)(H,28,31). The molecule has 0 spiro atoms. The van der Waals surface area contributed by atoms with E-state index in [2.05, 4.69) is 34.3 Å². The highest BCUT2D eigenvalue weighted by atomic mass is 16.7. The van der Waals surface area contributed by atoms with Crippen molar-refractivity contribution in [2.24, 2.45) is 0 Å². The molecular formula is C26H25N3O5. The second-order valence-electron chi connectivity index (χ2n) is 8.00. The van der Waals surface area contributed by atoms with Gasteiger partial charge in [-0.05, 0) is 48.9 Å². The molecule has 1 aliphatic rings. The third-order valence-electron chi connectivity index (χ3n) is 5.77. The van der Waals surface area contributed by atoms with Crippen molar-refractivity contribution in [3.8, 4) is 11.5 Å². The smallest absolute Gasteiger partial charge is 0.250 e. The van der Waals surface area contributed by atoms with Gasteiger partial charge in [-0.25, -0.2) is 0 Å². The Hall–Kier alpha value is -4.04. The second kappa shape index (κ2) is 9.44. The van der Waals surface area contributed by atoms with Gasteiger partial charge in [-0.2, -0.15) is 0 Å².